The highest BCUT2D eigenvalue weighted by Crippen LogP contribution is 2.24. The molecule has 0 aliphatic carbocycles. The summed E-state index contributed by atoms with van der Waals surface area (Å²) in [7, 11) is 0. The minimum Gasteiger partial charge on any atom is -0.381 e. The lowest BCUT2D eigenvalue weighted by atomic mass is 9.83. The van der Waals surface area contributed by atoms with Gasteiger partial charge in [0.15, 0.2) is 5.78 Å². The number of nitrogens with two attached hydrogens (primary N) is 1. The summed E-state index contributed by atoms with van der Waals surface area (Å²) < 4.78 is 31.6. The summed E-state index contributed by atoms with van der Waals surface area (Å²) >= 11 is 0. The van der Waals surface area contributed by atoms with Crippen molar-refractivity contribution in [2.45, 2.75) is 18.4 Å². The average Bonchev–Trinajstić information content (AvgIpc) is 2.32. The number of carbonyl (C=O) groups excluding carboxylic acids is 1. The number of ketones is 1. The molecule has 17 heavy (non-hydrogen) atoms. The monoisotopic (exact) mass is 241 g/mol. The Morgan fingerprint density at radius 1 is 1.29 bits per heavy atom. The highest BCUT2D eigenvalue weighted by molar-refractivity contribution is 6.03. The van der Waals surface area contributed by atoms with Gasteiger partial charge in [-0.3, -0.25) is 4.79 Å². The molecule has 1 aromatic carbocycles. The summed E-state index contributed by atoms with van der Waals surface area (Å²) in [5.41, 5.74) is 4.51. The Morgan fingerprint density at radius 2 is 1.94 bits per heavy atom. The quantitative estimate of drug-likeness (QED) is 0.801. The van der Waals surface area contributed by atoms with Crippen molar-refractivity contribution in [2.24, 2.45) is 5.73 Å². The number of hydrogen-bond acceptors (Lipinski definition) is 3. The zero-order valence-corrected chi connectivity index (χ0v) is 9.21. The Bertz CT molecular complexity index is 442. The van der Waals surface area contributed by atoms with E-state index < -0.39 is 23.0 Å². The SMILES string of the molecule is NC1(C(=O)c2cc(F)ccc2F)CCOCC1. The molecular weight excluding hydrogens is 228 g/mol. The third kappa shape index (κ3) is 2.35. The molecule has 0 atom stereocenters. The Kier molecular flexibility index (Phi) is 3.22. The first-order valence-electron chi connectivity index (χ1n) is 5.39. The van der Waals surface area contributed by atoms with Gasteiger partial charge in [-0.2, -0.15) is 0 Å². The average molecular weight is 241 g/mol. The fourth-order valence-corrected chi connectivity index (χ4v) is 1.90. The van der Waals surface area contributed by atoms with Gasteiger partial charge in [-0.25, -0.2) is 8.78 Å². The molecule has 1 aliphatic rings. The molecule has 3 nitrogen and oxygen atoms in total. The zero-order valence-electron chi connectivity index (χ0n) is 9.21. The first-order valence-corrected chi connectivity index (χ1v) is 5.39. The van der Waals surface area contributed by atoms with E-state index in [1.807, 2.05) is 0 Å². The van der Waals surface area contributed by atoms with Crippen molar-refractivity contribution in [3.05, 3.63) is 35.4 Å². The van der Waals surface area contributed by atoms with Gasteiger partial charge in [-0.05, 0) is 31.0 Å². The predicted molar refractivity (Wildman–Crippen MR) is 57.7 cm³/mol. The van der Waals surface area contributed by atoms with Crippen molar-refractivity contribution in [3.8, 4) is 0 Å². The second kappa shape index (κ2) is 4.50. The van der Waals surface area contributed by atoms with Gasteiger partial charge in [0.05, 0.1) is 11.1 Å². The molecule has 0 aromatic heterocycles. The van der Waals surface area contributed by atoms with Gasteiger partial charge >= 0.3 is 0 Å². The maximum Gasteiger partial charge on any atom is 0.185 e. The normalized spacial score (nSPS) is 19.0. The molecule has 0 unspecified atom stereocenters. The smallest absolute Gasteiger partial charge is 0.185 e. The molecule has 2 N–H and O–H groups in total. The Hall–Kier alpha value is -1.33. The lowest BCUT2D eigenvalue weighted by molar-refractivity contribution is 0.0445. The lowest BCUT2D eigenvalue weighted by Crippen LogP contribution is -2.52. The maximum absolute atomic E-state index is 13.5. The van der Waals surface area contributed by atoms with Crippen LogP contribution in [0.2, 0.25) is 0 Å². The van der Waals surface area contributed by atoms with E-state index in [-0.39, 0.29) is 5.56 Å². The molecule has 2 rings (SSSR count). The summed E-state index contributed by atoms with van der Waals surface area (Å²) in [5.74, 6) is -1.95. The van der Waals surface area contributed by atoms with Gasteiger partial charge in [0.25, 0.3) is 0 Å². The third-order valence-corrected chi connectivity index (χ3v) is 3.01. The highest BCUT2D eigenvalue weighted by atomic mass is 19.1. The van der Waals surface area contributed by atoms with E-state index in [1.54, 1.807) is 0 Å². The molecular formula is C12H13F2NO2. The Balaban J connectivity index is 2.32. The first-order chi connectivity index (χ1) is 8.03. The van der Waals surface area contributed by atoms with Crippen LogP contribution in [0.25, 0.3) is 0 Å². The van der Waals surface area contributed by atoms with E-state index in [2.05, 4.69) is 0 Å². The summed E-state index contributed by atoms with van der Waals surface area (Å²) in [4.78, 5) is 12.1. The van der Waals surface area contributed by atoms with Gasteiger partial charge in [-0.15, -0.1) is 0 Å². The first kappa shape index (κ1) is 12.1. The number of ether oxygens (including phenoxy) is 1. The number of halogens is 2. The van der Waals surface area contributed by atoms with Crippen molar-refractivity contribution in [1.29, 1.82) is 0 Å². The van der Waals surface area contributed by atoms with E-state index in [4.69, 9.17) is 10.5 Å². The molecule has 92 valence electrons. The van der Waals surface area contributed by atoms with Gasteiger partial charge in [-0.1, -0.05) is 0 Å². The number of Topliss-reactive ketones (excluding diaryl/α,β-unsaturated/α-hetero) is 1. The van der Waals surface area contributed by atoms with Crippen LogP contribution in [-0.2, 0) is 4.74 Å². The van der Waals surface area contributed by atoms with Crippen LogP contribution in [0.5, 0.6) is 0 Å². The lowest BCUT2D eigenvalue weighted by Gasteiger charge is -2.31. The van der Waals surface area contributed by atoms with Gasteiger partial charge < -0.3 is 10.5 Å². The number of hydrogen-bond donors (Lipinski definition) is 1. The molecule has 0 saturated carbocycles. The standard InChI is InChI=1S/C12H13F2NO2/c13-8-1-2-10(14)9(7-8)11(16)12(15)3-5-17-6-4-12/h1-2,7H,3-6,15H2. The van der Waals surface area contributed by atoms with E-state index in [9.17, 15) is 13.6 Å². The van der Waals surface area contributed by atoms with Gasteiger partial charge in [0.1, 0.15) is 11.6 Å². The summed E-state index contributed by atoms with van der Waals surface area (Å²) in [6.45, 7) is 0.721. The predicted octanol–water partition coefficient (Wildman–Crippen LogP) is 1.66. The van der Waals surface area contributed by atoms with Crippen LogP contribution >= 0.6 is 0 Å². The van der Waals surface area contributed by atoms with Crippen molar-refractivity contribution in [2.75, 3.05) is 13.2 Å². The molecule has 0 amide bonds. The summed E-state index contributed by atoms with van der Waals surface area (Å²) in [5, 5.41) is 0. The Labute approximate surface area is 97.6 Å². The van der Waals surface area contributed by atoms with Crippen LogP contribution < -0.4 is 5.73 Å². The molecule has 1 heterocycles. The molecule has 1 aromatic rings. The Morgan fingerprint density at radius 3 is 2.59 bits per heavy atom. The van der Waals surface area contributed by atoms with E-state index in [0.29, 0.717) is 26.1 Å². The minimum atomic E-state index is -1.15. The van der Waals surface area contributed by atoms with Crippen molar-refractivity contribution >= 4 is 5.78 Å². The zero-order chi connectivity index (χ0) is 12.5. The maximum atomic E-state index is 13.5. The van der Waals surface area contributed by atoms with Crippen molar-refractivity contribution in [1.82, 2.24) is 0 Å². The molecule has 0 spiro atoms. The van der Waals surface area contributed by atoms with E-state index in [1.165, 1.54) is 0 Å². The number of carbonyl (C=O) groups is 1. The molecule has 1 aliphatic heterocycles. The fraction of sp³-hybridized carbons (Fsp3) is 0.417. The molecule has 0 bridgehead atoms. The van der Waals surface area contributed by atoms with Crippen molar-refractivity contribution in [3.63, 3.8) is 0 Å². The van der Waals surface area contributed by atoms with Crippen LogP contribution in [0.3, 0.4) is 0 Å². The molecule has 0 radical (unpaired) electrons. The van der Waals surface area contributed by atoms with Crippen LogP contribution in [0, 0.1) is 11.6 Å². The molecule has 1 saturated heterocycles. The second-order valence-corrected chi connectivity index (χ2v) is 4.22. The highest BCUT2D eigenvalue weighted by Gasteiger charge is 2.37. The summed E-state index contributed by atoms with van der Waals surface area (Å²) in [6, 6.07) is 2.80. The van der Waals surface area contributed by atoms with Crippen LogP contribution in [0.15, 0.2) is 18.2 Å². The minimum absolute atomic E-state index is 0.283. The van der Waals surface area contributed by atoms with Gasteiger partial charge in [0.2, 0.25) is 0 Å². The van der Waals surface area contributed by atoms with Gasteiger partial charge in [0, 0.05) is 13.2 Å². The third-order valence-electron chi connectivity index (χ3n) is 3.01. The van der Waals surface area contributed by atoms with E-state index >= 15 is 0 Å². The molecule has 5 heteroatoms. The fourth-order valence-electron chi connectivity index (χ4n) is 1.90. The second-order valence-electron chi connectivity index (χ2n) is 4.22. The number of benzene rings is 1. The van der Waals surface area contributed by atoms with E-state index in [0.717, 1.165) is 18.2 Å². The van der Waals surface area contributed by atoms with Crippen molar-refractivity contribution < 1.29 is 18.3 Å². The molecule has 1 fully saturated rings. The topological polar surface area (TPSA) is 52.3 Å². The van der Waals surface area contributed by atoms with Crippen LogP contribution in [-0.4, -0.2) is 24.5 Å². The summed E-state index contributed by atoms with van der Waals surface area (Å²) in [6.07, 6.45) is 0.642. The van der Waals surface area contributed by atoms with Crippen LogP contribution in [0.1, 0.15) is 23.2 Å². The largest absolute Gasteiger partial charge is 0.381 e. The number of rotatable bonds is 2. The van der Waals surface area contributed by atoms with Crippen LogP contribution in [0.4, 0.5) is 8.78 Å².